The van der Waals surface area contributed by atoms with Crippen molar-refractivity contribution in [3.05, 3.63) is 0 Å². The van der Waals surface area contributed by atoms with E-state index in [1.54, 1.807) is 0 Å². The Bertz CT molecular complexity index is 656. The van der Waals surface area contributed by atoms with Crippen molar-refractivity contribution >= 4 is 0 Å². The molecule has 5 N–H and O–H groups in total. The van der Waals surface area contributed by atoms with Gasteiger partial charge in [-0.05, 0) is 97.2 Å². The lowest BCUT2D eigenvalue weighted by Gasteiger charge is -2.62. The van der Waals surface area contributed by atoms with Crippen LogP contribution < -0.4 is 0 Å². The molecule has 4 aliphatic rings. The normalized spacial score (nSPS) is 52.6. The number of aliphatic hydroxyl groups is 5. The number of hydrogen-bond donors (Lipinski definition) is 5. The molecule has 5 heteroatoms. The van der Waals surface area contributed by atoms with Crippen LogP contribution in [0, 0.1) is 52.3 Å². The zero-order valence-corrected chi connectivity index (χ0v) is 20.7. The zero-order valence-electron chi connectivity index (χ0n) is 20.7. The number of rotatable bonds is 6. The largest absolute Gasteiger partial charge is 0.396 e. The summed E-state index contributed by atoms with van der Waals surface area (Å²) in [7, 11) is 0. The van der Waals surface area contributed by atoms with E-state index in [1.165, 1.54) is 0 Å². The van der Waals surface area contributed by atoms with Crippen LogP contribution in [0.5, 0.6) is 0 Å². The molecular weight excluding hydrogens is 404 g/mol. The molecule has 5 nitrogen and oxygen atoms in total. The minimum atomic E-state index is -0.724. The molecule has 0 aromatic rings. The number of aliphatic hydroxyl groups excluding tert-OH is 5. The van der Waals surface area contributed by atoms with Crippen LogP contribution in [0.15, 0.2) is 0 Å². The summed E-state index contributed by atoms with van der Waals surface area (Å²) in [4.78, 5) is 0. The molecule has 4 rings (SSSR count). The van der Waals surface area contributed by atoms with E-state index in [-0.39, 0.29) is 47.2 Å². The van der Waals surface area contributed by atoms with Crippen molar-refractivity contribution in [1.82, 2.24) is 0 Å². The molecule has 32 heavy (non-hydrogen) atoms. The smallest absolute Gasteiger partial charge is 0.0838 e. The van der Waals surface area contributed by atoms with Crippen molar-refractivity contribution in [1.29, 1.82) is 0 Å². The van der Waals surface area contributed by atoms with Crippen LogP contribution in [0.2, 0.25) is 0 Å². The average Bonchev–Trinajstić information content (AvgIpc) is 2.94. The maximum absolute atomic E-state index is 11.4. The number of hydrogen-bond acceptors (Lipinski definition) is 5. The van der Waals surface area contributed by atoms with Gasteiger partial charge in [0.25, 0.3) is 0 Å². The molecule has 0 aromatic heterocycles. The van der Waals surface area contributed by atoms with Gasteiger partial charge < -0.3 is 25.5 Å². The summed E-state index contributed by atoms with van der Waals surface area (Å²) in [6, 6.07) is 0. The van der Waals surface area contributed by atoms with E-state index in [1.807, 2.05) is 0 Å². The summed E-state index contributed by atoms with van der Waals surface area (Å²) in [5, 5.41) is 53.4. The van der Waals surface area contributed by atoms with E-state index in [2.05, 4.69) is 27.7 Å². The van der Waals surface area contributed by atoms with Gasteiger partial charge in [0.2, 0.25) is 0 Å². The van der Waals surface area contributed by atoms with Crippen molar-refractivity contribution < 1.29 is 25.5 Å². The van der Waals surface area contributed by atoms with Crippen molar-refractivity contribution in [2.45, 2.75) is 110 Å². The third-order valence-electron chi connectivity index (χ3n) is 11.1. The number of fused-ring (bicyclic) bond motifs is 5. The molecule has 4 saturated carbocycles. The predicted molar refractivity (Wildman–Crippen MR) is 125 cm³/mol. The van der Waals surface area contributed by atoms with E-state index in [4.69, 9.17) is 0 Å². The van der Waals surface area contributed by atoms with Gasteiger partial charge >= 0.3 is 0 Å². The van der Waals surface area contributed by atoms with E-state index < -0.39 is 18.3 Å². The van der Waals surface area contributed by atoms with Crippen molar-refractivity contribution in [2.75, 3.05) is 6.61 Å². The predicted octanol–water partition coefficient (Wildman–Crippen LogP) is 3.35. The first-order valence-electron chi connectivity index (χ1n) is 13.4. The summed E-state index contributed by atoms with van der Waals surface area (Å²) in [5.41, 5.74) is -0.100. The first kappa shape index (κ1) is 24.9. The van der Waals surface area contributed by atoms with Gasteiger partial charge in [-0.25, -0.2) is 0 Å². The minimum Gasteiger partial charge on any atom is -0.396 e. The molecule has 0 bridgehead atoms. The third kappa shape index (κ3) is 3.88. The molecule has 0 saturated heterocycles. The van der Waals surface area contributed by atoms with Crippen LogP contribution in [-0.2, 0) is 0 Å². The summed E-state index contributed by atoms with van der Waals surface area (Å²) in [6.07, 6.45) is 6.14. The molecule has 0 heterocycles. The second-order valence-electron chi connectivity index (χ2n) is 12.9. The Kier molecular flexibility index (Phi) is 7.09. The summed E-state index contributed by atoms with van der Waals surface area (Å²) in [5.74, 6) is 1.55. The molecule has 4 fully saturated rings. The summed E-state index contributed by atoms with van der Waals surface area (Å²) >= 11 is 0. The summed E-state index contributed by atoms with van der Waals surface area (Å²) < 4.78 is 0. The molecule has 13 atom stereocenters. The molecular formula is C27H48O5. The van der Waals surface area contributed by atoms with E-state index >= 15 is 0 Å². The van der Waals surface area contributed by atoms with Crippen LogP contribution in [0.3, 0.4) is 0 Å². The Balaban J connectivity index is 1.55. The summed E-state index contributed by atoms with van der Waals surface area (Å²) in [6.45, 7) is 9.16. The lowest BCUT2D eigenvalue weighted by atomic mass is 9.43. The monoisotopic (exact) mass is 452 g/mol. The van der Waals surface area contributed by atoms with E-state index in [0.717, 1.165) is 44.9 Å². The topological polar surface area (TPSA) is 101 Å². The molecule has 4 aliphatic carbocycles. The van der Waals surface area contributed by atoms with Gasteiger partial charge in [0.15, 0.2) is 0 Å². The van der Waals surface area contributed by atoms with Crippen LogP contribution >= 0.6 is 0 Å². The molecule has 0 amide bonds. The van der Waals surface area contributed by atoms with Gasteiger partial charge in [-0.2, -0.15) is 0 Å². The van der Waals surface area contributed by atoms with Gasteiger partial charge in [-0.3, -0.25) is 0 Å². The van der Waals surface area contributed by atoms with Crippen molar-refractivity contribution in [3.63, 3.8) is 0 Å². The van der Waals surface area contributed by atoms with Gasteiger partial charge in [0.1, 0.15) is 0 Å². The van der Waals surface area contributed by atoms with E-state index in [9.17, 15) is 25.5 Å². The van der Waals surface area contributed by atoms with Gasteiger partial charge in [-0.1, -0.05) is 40.5 Å². The lowest BCUT2D eigenvalue weighted by molar-refractivity contribution is -0.181. The lowest BCUT2D eigenvalue weighted by Crippen LogP contribution is -2.59. The molecule has 0 aromatic carbocycles. The maximum Gasteiger partial charge on any atom is 0.0838 e. The average molecular weight is 453 g/mol. The SMILES string of the molecule is C[C@@H](CO)CCC[C@@H](C)C1[C@@H](O)[C@H](O)C2C3C[C@@H](O)C4C[C@@H](O)CC[C@]4(C)C3CC[C@@]21C. The fourth-order valence-electron chi connectivity index (χ4n) is 9.45. The standard InChI is InChI=1S/C27H48O5/c1-15(14-28)6-5-7-16(2)22-24(31)25(32)23-18-13-21(30)20-12-17(29)8-10-26(20,3)19(18)9-11-27(22,23)4/h15-25,28-32H,5-14H2,1-4H3/t15-,16-,17+,18?,19?,20?,21-,22?,23?,24-,25-,26-,27-/m1/s1. The second kappa shape index (κ2) is 9.11. The molecule has 186 valence electrons. The van der Waals surface area contributed by atoms with Gasteiger partial charge in [0.05, 0.1) is 24.4 Å². The maximum atomic E-state index is 11.4. The quantitative estimate of drug-likeness (QED) is 0.425. The van der Waals surface area contributed by atoms with Gasteiger partial charge in [-0.15, -0.1) is 0 Å². The molecule has 0 spiro atoms. The first-order chi connectivity index (χ1) is 15.0. The molecule has 0 radical (unpaired) electrons. The second-order valence-corrected chi connectivity index (χ2v) is 12.9. The molecule has 5 unspecified atom stereocenters. The Morgan fingerprint density at radius 1 is 0.844 bits per heavy atom. The van der Waals surface area contributed by atoms with E-state index in [0.29, 0.717) is 30.6 Å². The Labute approximate surface area is 194 Å². The Morgan fingerprint density at radius 3 is 2.22 bits per heavy atom. The Morgan fingerprint density at radius 2 is 1.53 bits per heavy atom. The first-order valence-corrected chi connectivity index (χ1v) is 13.4. The fraction of sp³-hybridized carbons (Fsp3) is 1.00. The van der Waals surface area contributed by atoms with Crippen LogP contribution in [-0.4, -0.2) is 56.6 Å². The highest BCUT2D eigenvalue weighted by molar-refractivity contribution is 5.15. The minimum absolute atomic E-state index is 0.0116. The zero-order chi connectivity index (χ0) is 23.4. The fourth-order valence-corrected chi connectivity index (χ4v) is 9.45. The van der Waals surface area contributed by atoms with Crippen LogP contribution in [0.25, 0.3) is 0 Å². The van der Waals surface area contributed by atoms with Crippen LogP contribution in [0.1, 0.15) is 85.5 Å². The van der Waals surface area contributed by atoms with Crippen LogP contribution in [0.4, 0.5) is 0 Å². The van der Waals surface area contributed by atoms with Crippen molar-refractivity contribution in [3.8, 4) is 0 Å². The van der Waals surface area contributed by atoms with Crippen molar-refractivity contribution in [2.24, 2.45) is 52.3 Å². The highest BCUT2D eigenvalue weighted by Crippen LogP contribution is 2.68. The third-order valence-corrected chi connectivity index (χ3v) is 11.1. The highest BCUT2D eigenvalue weighted by Gasteiger charge is 2.67. The van der Waals surface area contributed by atoms with Gasteiger partial charge in [0, 0.05) is 6.61 Å². The Hall–Kier alpha value is -0.200. The highest BCUT2D eigenvalue weighted by atomic mass is 16.3. The molecule has 0 aliphatic heterocycles.